The van der Waals surface area contributed by atoms with Crippen molar-refractivity contribution in [3.8, 4) is 0 Å². The molecular weight excluding hydrogens is 432 g/mol. The van der Waals surface area contributed by atoms with E-state index in [0.717, 1.165) is 11.1 Å². The predicted molar refractivity (Wildman–Crippen MR) is 123 cm³/mol. The van der Waals surface area contributed by atoms with Gasteiger partial charge in [-0.2, -0.15) is 0 Å². The highest BCUT2D eigenvalue weighted by atomic mass is 16.5. The summed E-state index contributed by atoms with van der Waals surface area (Å²) in [7, 11) is 0. The third-order valence-electron chi connectivity index (χ3n) is 6.59. The molecule has 176 valence electrons. The first kappa shape index (κ1) is 22.2. The Hall–Kier alpha value is -3.59. The number of ether oxygens (including phenoxy) is 1. The highest BCUT2D eigenvalue weighted by Crippen LogP contribution is 2.28. The van der Waals surface area contributed by atoms with Crippen LogP contribution in [0.3, 0.4) is 0 Å². The number of carbonyl (C=O) groups excluding carboxylic acids is 2. The quantitative estimate of drug-likeness (QED) is 0.627. The van der Waals surface area contributed by atoms with Gasteiger partial charge in [0, 0.05) is 37.9 Å². The number of benzene rings is 1. The number of hydrogen-bond acceptors (Lipinski definition) is 6. The van der Waals surface area contributed by atoms with Crippen molar-refractivity contribution in [2.24, 2.45) is 5.92 Å². The van der Waals surface area contributed by atoms with Gasteiger partial charge in [0.05, 0.1) is 18.8 Å². The SMILES string of the molecule is Cc1ccc(C2Cn3nnc(C(=O)N4CCC(C(=O)NCc5cccnc5)CC4)c3CO2)cc1. The van der Waals surface area contributed by atoms with E-state index < -0.39 is 0 Å². The molecule has 2 aliphatic heterocycles. The maximum Gasteiger partial charge on any atom is 0.276 e. The van der Waals surface area contributed by atoms with Crippen LogP contribution in [0.4, 0.5) is 0 Å². The van der Waals surface area contributed by atoms with E-state index in [2.05, 4.69) is 51.8 Å². The smallest absolute Gasteiger partial charge is 0.276 e. The van der Waals surface area contributed by atoms with Crippen molar-refractivity contribution in [3.63, 3.8) is 0 Å². The van der Waals surface area contributed by atoms with Crippen LogP contribution < -0.4 is 5.32 Å². The normalized spacial score (nSPS) is 18.4. The molecule has 0 radical (unpaired) electrons. The Kier molecular flexibility index (Phi) is 6.35. The zero-order valence-corrected chi connectivity index (χ0v) is 19.2. The van der Waals surface area contributed by atoms with E-state index in [9.17, 15) is 9.59 Å². The highest BCUT2D eigenvalue weighted by Gasteiger charge is 2.33. The molecule has 1 N–H and O–H groups in total. The summed E-state index contributed by atoms with van der Waals surface area (Å²) in [5.41, 5.74) is 4.31. The zero-order chi connectivity index (χ0) is 23.5. The van der Waals surface area contributed by atoms with Gasteiger partial charge in [-0.1, -0.05) is 41.1 Å². The molecule has 1 aromatic carbocycles. The van der Waals surface area contributed by atoms with E-state index in [1.165, 1.54) is 5.56 Å². The molecule has 0 saturated carbocycles. The summed E-state index contributed by atoms with van der Waals surface area (Å²) in [6.07, 6.45) is 4.59. The molecule has 2 amide bonds. The standard InChI is InChI=1S/C25H28N6O3/c1-17-4-6-19(7-5-17)22-15-31-21(16-34-22)23(28-29-31)25(33)30-11-8-20(9-12-30)24(32)27-14-18-3-2-10-26-13-18/h2-7,10,13,20,22H,8-9,11-12,14-16H2,1H3,(H,27,32). The fourth-order valence-electron chi connectivity index (χ4n) is 4.49. The Morgan fingerprint density at radius 2 is 1.94 bits per heavy atom. The number of fused-ring (bicyclic) bond motifs is 1. The molecule has 0 aliphatic carbocycles. The van der Waals surface area contributed by atoms with Crippen molar-refractivity contribution < 1.29 is 14.3 Å². The predicted octanol–water partition coefficient (Wildman–Crippen LogP) is 2.42. The average molecular weight is 461 g/mol. The number of nitrogens with zero attached hydrogens (tertiary/aromatic N) is 5. The van der Waals surface area contributed by atoms with Crippen molar-refractivity contribution in [1.29, 1.82) is 0 Å². The topological polar surface area (TPSA) is 102 Å². The van der Waals surface area contributed by atoms with E-state index in [1.807, 2.05) is 12.1 Å². The molecule has 2 aliphatic rings. The van der Waals surface area contributed by atoms with Gasteiger partial charge in [0.2, 0.25) is 5.91 Å². The zero-order valence-electron chi connectivity index (χ0n) is 19.2. The number of hydrogen-bond donors (Lipinski definition) is 1. The second kappa shape index (κ2) is 9.72. The van der Waals surface area contributed by atoms with Crippen LogP contribution >= 0.6 is 0 Å². The largest absolute Gasteiger partial charge is 0.365 e. The Balaban J connectivity index is 1.16. The molecule has 1 saturated heterocycles. The van der Waals surface area contributed by atoms with Crippen LogP contribution in [0.15, 0.2) is 48.8 Å². The Morgan fingerprint density at radius 3 is 2.68 bits per heavy atom. The lowest BCUT2D eigenvalue weighted by molar-refractivity contribution is -0.126. The maximum atomic E-state index is 13.2. The van der Waals surface area contributed by atoms with Gasteiger partial charge < -0.3 is 15.0 Å². The molecule has 1 unspecified atom stereocenters. The van der Waals surface area contributed by atoms with E-state index in [0.29, 0.717) is 57.0 Å². The van der Waals surface area contributed by atoms with Gasteiger partial charge in [-0.25, -0.2) is 4.68 Å². The van der Waals surface area contributed by atoms with E-state index in [1.54, 1.807) is 22.0 Å². The summed E-state index contributed by atoms with van der Waals surface area (Å²) in [5.74, 6) is -0.228. The van der Waals surface area contributed by atoms with Gasteiger partial charge in [0.25, 0.3) is 5.91 Å². The van der Waals surface area contributed by atoms with Crippen molar-refractivity contribution >= 4 is 11.8 Å². The summed E-state index contributed by atoms with van der Waals surface area (Å²) in [6.45, 7) is 4.36. The Morgan fingerprint density at radius 1 is 1.15 bits per heavy atom. The van der Waals surface area contributed by atoms with Crippen molar-refractivity contribution in [2.45, 2.75) is 45.6 Å². The van der Waals surface area contributed by atoms with Crippen LogP contribution in [0.2, 0.25) is 0 Å². The monoisotopic (exact) mass is 460 g/mol. The first-order valence-electron chi connectivity index (χ1n) is 11.6. The first-order valence-corrected chi connectivity index (χ1v) is 11.6. The average Bonchev–Trinajstić information content (AvgIpc) is 3.31. The number of likely N-dealkylation sites (tertiary alicyclic amines) is 1. The van der Waals surface area contributed by atoms with Crippen LogP contribution in [0.5, 0.6) is 0 Å². The second-order valence-electron chi connectivity index (χ2n) is 8.92. The molecular formula is C25H28N6O3. The van der Waals surface area contributed by atoms with Gasteiger partial charge in [0.15, 0.2) is 5.69 Å². The van der Waals surface area contributed by atoms with E-state index >= 15 is 0 Å². The molecule has 1 fully saturated rings. The van der Waals surface area contributed by atoms with Gasteiger partial charge in [-0.05, 0) is 37.0 Å². The molecule has 4 heterocycles. The molecule has 9 heteroatoms. The summed E-state index contributed by atoms with van der Waals surface area (Å²) in [4.78, 5) is 31.5. The van der Waals surface area contributed by atoms with E-state index in [-0.39, 0.29) is 23.8 Å². The highest BCUT2D eigenvalue weighted by molar-refractivity contribution is 5.93. The number of aromatic nitrogens is 4. The molecule has 5 rings (SSSR count). The van der Waals surface area contributed by atoms with Crippen molar-refractivity contribution in [1.82, 2.24) is 30.2 Å². The van der Waals surface area contributed by atoms with E-state index in [4.69, 9.17) is 4.74 Å². The van der Waals surface area contributed by atoms with Gasteiger partial charge in [0.1, 0.15) is 6.10 Å². The van der Waals surface area contributed by atoms with Crippen LogP contribution in [0, 0.1) is 12.8 Å². The summed E-state index contributed by atoms with van der Waals surface area (Å²) >= 11 is 0. The molecule has 34 heavy (non-hydrogen) atoms. The minimum Gasteiger partial charge on any atom is -0.365 e. The van der Waals surface area contributed by atoms with Crippen molar-refractivity contribution in [2.75, 3.05) is 13.1 Å². The summed E-state index contributed by atoms with van der Waals surface area (Å²) in [5, 5.41) is 11.4. The molecule has 0 bridgehead atoms. The number of nitrogens with one attached hydrogen (secondary N) is 1. The van der Waals surface area contributed by atoms with Gasteiger partial charge >= 0.3 is 0 Å². The number of carbonyl (C=O) groups is 2. The molecule has 2 aromatic heterocycles. The summed E-state index contributed by atoms with van der Waals surface area (Å²) in [6, 6.07) is 12.0. The fourth-order valence-corrected chi connectivity index (χ4v) is 4.49. The number of pyridine rings is 1. The van der Waals surface area contributed by atoms with Gasteiger partial charge in [-0.3, -0.25) is 14.6 Å². The lowest BCUT2D eigenvalue weighted by Gasteiger charge is -2.31. The van der Waals surface area contributed by atoms with Gasteiger partial charge in [-0.15, -0.1) is 5.10 Å². The Labute approximate surface area is 198 Å². The number of piperidine rings is 1. The fraction of sp³-hybridized carbons (Fsp3) is 0.400. The van der Waals surface area contributed by atoms with Crippen molar-refractivity contribution in [3.05, 3.63) is 76.9 Å². The van der Waals surface area contributed by atoms with Crippen LogP contribution in [0.1, 0.15) is 51.8 Å². The van der Waals surface area contributed by atoms with Crippen LogP contribution in [0.25, 0.3) is 0 Å². The molecule has 3 aromatic rings. The minimum absolute atomic E-state index is 0.0209. The second-order valence-corrected chi connectivity index (χ2v) is 8.92. The minimum atomic E-state index is -0.146. The number of rotatable bonds is 5. The molecule has 1 atom stereocenters. The lowest BCUT2D eigenvalue weighted by Crippen LogP contribution is -2.43. The lowest BCUT2D eigenvalue weighted by atomic mass is 9.95. The summed E-state index contributed by atoms with van der Waals surface area (Å²) < 4.78 is 7.83. The molecule has 9 nitrogen and oxygen atoms in total. The first-order chi connectivity index (χ1) is 16.6. The van der Waals surface area contributed by atoms with Crippen LogP contribution in [-0.2, 0) is 29.2 Å². The molecule has 0 spiro atoms. The number of aryl methyl sites for hydroxylation is 1. The third kappa shape index (κ3) is 4.70. The Bertz CT molecular complexity index is 1150. The number of amides is 2. The third-order valence-corrected chi connectivity index (χ3v) is 6.59. The van der Waals surface area contributed by atoms with Crippen LogP contribution in [-0.4, -0.2) is 49.8 Å². The maximum absolute atomic E-state index is 13.2.